The molecule has 0 aliphatic rings. The van der Waals surface area contributed by atoms with Gasteiger partial charge in [-0.05, 0) is 60.8 Å². The molecule has 1 N–H and O–H groups in total. The molecular formula is C15H22BrNO4. The molecular weight excluding hydrogens is 338 g/mol. The van der Waals surface area contributed by atoms with Crippen molar-refractivity contribution in [1.82, 2.24) is 5.32 Å². The van der Waals surface area contributed by atoms with Crippen LogP contribution in [0.4, 0.5) is 4.79 Å². The van der Waals surface area contributed by atoms with Crippen molar-refractivity contribution in [1.29, 1.82) is 0 Å². The molecule has 6 heteroatoms. The highest BCUT2D eigenvalue weighted by Gasteiger charge is 2.16. The van der Waals surface area contributed by atoms with Gasteiger partial charge < -0.3 is 19.5 Å². The summed E-state index contributed by atoms with van der Waals surface area (Å²) in [5, 5.41) is 2.72. The molecule has 0 saturated carbocycles. The molecule has 0 unspecified atom stereocenters. The summed E-state index contributed by atoms with van der Waals surface area (Å²) in [4.78, 5) is 11.6. The molecule has 5 nitrogen and oxygen atoms in total. The summed E-state index contributed by atoms with van der Waals surface area (Å²) >= 11 is 3.44. The Labute approximate surface area is 134 Å². The van der Waals surface area contributed by atoms with Crippen molar-refractivity contribution in [3.8, 4) is 11.5 Å². The van der Waals surface area contributed by atoms with Gasteiger partial charge in [0.1, 0.15) is 5.60 Å². The Morgan fingerprint density at radius 2 is 1.90 bits per heavy atom. The van der Waals surface area contributed by atoms with E-state index < -0.39 is 11.7 Å². The molecule has 0 aromatic heterocycles. The lowest BCUT2D eigenvalue weighted by Crippen LogP contribution is -2.33. The van der Waals surface area contributed by atoms with E-state index in [1.54, 1.807) is 14.2 Å². The number of ether oxygens (including phenoxy) is 3. The van der Waals surface area contributed by atoms with Gasteiger partial charge in [0.15, 0.2) is 11.5 Å². The van der Waals surface area contributed by atoms with Gasteiger partial charge in [0.05, 0.1) is 18.7 Å². The van der Waals surface area contributed by atoms with Gasteiger partial charge >= 0.3 is 6.09 Å². The van der Waals surface area contributed by atoms with E-state index in [4.69, 9.17) is 14.2 Å². The Morgan fingerprint density at radius 1 is 1.24 bits per heavy atom. The molecule has 0 aliphatic heterocycles. The van der Waals surface area contributed by atoms with Crippen LogP contribution in [0.3, 0.4) is 0 Å². The maximum atomic E-state index is 11.6. The zero-order chi connectivity index (χ0) is 16.0. The summed E-state index contributed by atoms with van der Waals surface area (Å²) in [6.07, 6.45) is 0.250. The molecule has 0 fully saturated rings. The van der Waals surface area contributed by atoms with E-state index in [0.29, 0.717) is 24.5 Å². The Balaban J connectivity index is 2.60. The van der Waals surface area contributed by atoms with E-state index >= 15 is 0 Å². The van der Waals surface area contributed by atoms with E-state index in [1.807, 2.05) is 32.9 Å². The van der Waals surface area contributed by atoms with Gasteiger partial charge in [-0.15, -0.1) is 0 Å². The fraction of sp³-hybridized carbons (Fsp3) is 0.533. The van der Waals surface area contributed by atoms with E-state index in [1.165, 1.54) is 0 Å². The van der Waals surface area contributed by atoms with E-state index in [-0.39, 0.29) is 0 Å². The van der Waals surface area contributed by atoms with Gasteiger partial charge in [0.25, 0.3) is 0 Å². The van der Waals surface area contributed by atoms with Crippen LogP contribution in [0.5, 0.6) is 11.5 Å². The lowest BCUT2D eigenvalue weighted by molar-refractivity contribution is 0.0528. The van der Waals surface area contributed by atoms with Crippen molar-refractivity contribution < 1.29 is 19.0 Å². The predicted octanol–water partition coefficient (Wildman–Crippen LogP) is 3.53. The maximum absolute atomic E-state index is 11.6. The Morgan fingerprint density at radius 3 is 2.43 bits per heavy atom. The van der Waals surface area contributed by atoms with Crippen LogP contribution in [0.25, 0.3) is 0 Å². The van der Waals surface area contributed by atoms with Crippen molar-refractivity contribution >= 4 is 22.0 Å². The predicted molar refractivity (Wildman–Crippen MR) is 85.2 cm³/mol. The van der Waals surface area contributed by atoms with Gasteiger partial charge in [0.2, 0.25) is 0 Å². The van der Waals surface area contributed by atoms with Crippen LogP contribution >= 0.6 is 15.9 Å². The largest absolute Gasteiger partial charge is 0.493 e. The third-order valence-corrected chi connectivity index (χ3v) is 3.16. The summed E-state index contributed by atoms with van der Waals surface area (Å²) in [6, 6.07) is 3.83. The van der Waals surface area contributed by atoms with Crippen LogP contribution in [0.1, 0.15) is 26.3 Å². The fourth-order valence-corrected chi connectivity index (χ4v) is 2.39. The van der Waals surface area contributed by atoms with Crippen molar-refractivity contribution in [2.75, 3.05) is 20.8 Å². The first kappa shape index (κ1) is 17.6. The summed E-state index contributed by atoms with van der Waals surface area (Å²) in [5.41, 5.74) is 0.534. The van der Waals surface area contributed by atoms with Crippen LogP contribution < -0.4 is 14.8 Å². The molecule has 1 aromatic carbocycles. The number of methoxy groups -OCH3 is 2. The number of alkyl carbamates (subject to hydrolysis) is 1. The zero-order valence-electron chi connectivity index (χ0n) is 13.1. The van der Waals surface area contributed by atoms with Crippen LogP contribution in [-0.4, -0.2) is 32.5 Å². The molecule has 1 amide bonds. The first-order chi connectivity index (χ1) is 9.76. The molecule has 0 bridgehead atoms. The number of rotatable bonds is 5. The average Bonchev–Trinajstić information content (AvgIpc) is 2.35. The fourth-order valence-electron chi connectivity index (χ4n) is 1.74. The molecule has 1 rings (SSSR count). The number of amides is 1. The highest BCUT2D eigenvalue weighted by atomic mass is 79.9. The van der Waals surface area contributed by atoms with E-state index in [0.717, 1.165) is 10.0 Å². The van der Waals surface area contributed by atoms with Crippen LogP contribution in [0.15, 0.2) is 16.6 Å². The van der Waals surface area contributed by atoms with Gasteiger partial charge in [-0.3, -0.25) is 0 Å². The molecule has 0 saturated heterocycles. The second-order valence-corrected chi connectivity index (χ2v) is 6.35. The number of carbonyl (C=O) groups excluding carboxylic acids is 1. The lowest BCUT2D eigenvalue weighted by atomic mass is 10.1. The SMILES string of the molecule is COc1cc(CCNC(=O)OC(C)(C)C)cc(Br)c1OC. The molecule has 0 spiro atoms. The third kappa shape index (κ3) is 5.83. The normalized spacial score (nSPS) is 11.0. The minimum atomic E-state index is -0.490. The third-order valence-electron chi connectivity index (χ3n) is 2.58. The number of halogens is 1. The summed E-state index contributed by atoms with van der Waals surface area (Å²) in [6.45, 7) is 5.98. The smallest absolute Gasteiger partial charge is 0.407 e. The topological polar surface area (TPSA) is 56.8 Å². The number of hydrogen-bond donors (Lipinski definition) is 1. The van der Waals surface area contributed by atoms with Gasteiger partial charge in [-0.2, -0.15) is 0 Å². The van der Waals surface area contributed by atoms with Crippen molar-refractivity contribution in [3.05, 3.63) is 22.2 Å². The molecule has 0 aliphatic carbocycles. The first-order valence-corrected chi connectivity index (χ1v) is 7.43. The van der Waals surface area contributed by atoms with Crippen LogP contribution in [0.2, 0.25) is 0 Å². The van der Waals surface area contributed by atoms with Gasteiger partial charge in [-0.25, -0.2) is 4.79 Å². The highest BCUT2D eigenvalue weighted by Crippen LogP contribution is 2.36. The Kier molecular flexibility index (Phi) is 6.33. The zero-order valence-corrected chi connectivity index (χ0v) is 14.7. The Hall–Kier alpha value is -1.43. The highest BCUT2D eigenvalue weighted by molar-refractivity contribution is 9.10. The minimum absolute atomic E-state index is 0.415. The van der Waals surface area contributed by atoms with Crippen LogP contribution in [-0.2, 0) is 11.2 Å². The molecule has 0 heterocycles. The number of benzene rings is 1. The lowest BCUT2D eigenvalue weighted by Gasteiger charge is -2.19. The maximum Gasteiger partial charge on any atom is 0.407 e. The summed E-state index contributed by atoms with van der Waals surface area (Å²) < 4.78 is 16.5. The summed E-state index contributed by atoms with van der Waals surface area (Å²) in [7, 11) is 3.18. The molecule has 118 valence electrons. The van der Waals surface area contributed by atoms with Gasteiger partial charge in [-0.1, -0.05) is 0 Å². The number of nitrogens with one attached hydrogen (secondary N) is 1. The molecule has 21 heavy (non-hydrogen) atoms. The number of hydrogen-bond acceptors (Lipinski definition) is 4. The minimum Gasteiger partial charge on any atom is -0.493 e. The second-order valence-electron chi connectivity index (χ2n) is 5.49. The monoisotopic (exact) mass is 359 g/mol. The molecule has 0 radical (unpaired) electrons. The second kappa shape index (κ2) is 7.54. The van der Waals surface area contributed by atoms with E-state index in [2.05, 4.69) is 21.2 Å². The van der Waals surface area contributed by atoms with Gasteiger partial charge in [0, 0.05) is 6.54 Å². The van der Waals surface area contributed by atoms with Crippen molar-refractivity contribution in [2.24, 2.45) is 0 Å². The molecule has 0 atom stereocenters. The standard InChI is InChI=1S/C15H22BrNO4/c1-15(2,3)21-14(18)17-7-6-10-8-11(16)13(20-5)12(9-10)19-4/h8-9H,6-7H2,1-5H3,(H,17,18). The number of carbonyl (C=O) groups is 1. The van der Waals surface area contributed by atoms with E-state index in [9.17, 15) is 4.79 Å². The van der Waals surface area contributed by atoms with Crippen LogP contribution in [0, 0.1) is 0 Å². The average molecular weight is 360 g/mol. The quantitative estimate of drug-likeness (QED) is 0.873. The first-order valence-electron chi connectivity index (χ1n) is 6.64. The Bertz CT molecular complexity index is 497. The molecule has 1 aromatic rings. The van der Waals surface area contributed by atoms with Crippen molar-refractivity contribution in [2.45, 2.75) is 32.8 Å². The van der Waals surface area contributed by atoms with Crippen molar-refractivity contribution in [3.63, 3.8) is 0 Å². The summed E-state index contributed by atoms with van der Waals surface area (Å²) in [5.74, 6) is 1.31.